The lowest BCUT2D eigenvalue weighted by Gasteiger charge is -2.26. The van der Waals surface area contributed by atoms with E-state index in [9.17, 15) is 14.4 Å². The number of piperidine rings is 1. The van der Waals surface area contributed by atoms with E-state index in [0.29, 0.717) is 25.9 Å². The zero-order valence-corrected chi connectivity index (χ0v) is 25.8. The Kier molecular flexibility index (Phi) is 12.3. The number of likely N-dealkylation sites (tertiary alicyclic amines) is 1. The van der Waals surface area contributed by atoms with Crippen LogP contribution in [0.1, 0.15) is 62.1 Å². The van der Waals surface area contributed by atoms with Gasteiger partial charge < -0.3 is 20.9 Å². The van der Waals surface area contributed by atoms with Crippen LogP contribution in [0.25, 0.3) is 10.2 Å². The number of hydrogen-bond donors (Lipinski definition) is 3. The van der Waals surface area contributed by atoms with Gasteiger partial charge in [0.25, 0.3) is 0 Å². The van der Waals surface area contributed by atoms with Crippen LogP contribution in [0, 0.1) is 5.92 Å². The second-order valence-electron chi connectivity index (χ2n) is 11.3. The average Bonchev–Trinajstić information content (AvgIpc) is 3.40. The molecule has 0 saturated carbocycles. The van der Waals surface area contributed by atoms with Gasteiger partial charge in [0.1, 0.15) is 6.04 Å². The lowest BCUT2D eigenvalue weighted by Crippen LogP contribution is -2.49. The number of aryl methyl sites for hydroxylation is 1. The van der Waals surface area contributed by atoms with Crippen molar-refractivity contribution in [2.75, 3.05) is 32.7 Å². The van der Waals surface area contributed by atoms with Crippen molar-refractivity contribution in [3.63, 3.8) is 0 Å². The van der Waals surface area contributed by atoms with E-state index in [-0.39, 0.29) is 23.6 Å². The van der Waals surface area contributed by atoms with Gasteiger partial charge in [-0.05, 0) is 80.9 Å². The highest BCUT2D eigenvalue weighted by Gasteiger charge is 2.23. The Balaban J connectivity index is 1.33. The Morgan fingerprint density at radius 3 is 2.45 bits per heavy atom. The molecule has 9 heteroatoms. The van der Waals surface area contributed by atoms with Gasteiger partial charge in [-0.3, -0.25) is 14.4 Å². The van der Waals surface area contributed by atoms with Gasteiger partial charge in [-0.1, -0.05) is 49.7 Å². The van der Waals surface area contributed by atoms with Gasteiger partial charge in [0.05, 0.1) is 15.2 Å². The number of aromatic nitrogens is 1. The summed E-state index contributed by atoms with van der Waals surface area (Å²) >= 11 is 1.56. The molecule has 2 aromatic carbocycles. The third kappa shape index (κ3) is 10.2. The molecule has 2 heterocycles. The van der Waals surface area contributed by atoms with E-state index in [1.165, 1.54) is 31.7 Å². The first-order valence-corrected chi connectivity index (χ1v) is 16.2. The van der Waals surface area contributed by atoms with Crippen molar-refractivity contribution in [3.8, 4) is 0 Å². The Morgan fingerprint density at radius 2 is 1.71 bits per heavy atom. The fraction of sp³-hybridized carbons (Fsp3) is 0.515. The number of benzene rings is 2. The summed E-state index contributed by atoms with van der Waals surface area (Å²) < 4.78 is 1.08. The summed E-state index contributed by atoms with van der Waals surface area (Å²) in [5, 5.41) is 9.78. The van der Waals surface area contributed by atoms with Crippen molar-refractivity contribution in [1.29, 1.82) is 0 Å². The number of thiazole rings is 1. The largest absolute Gasteiger partial charge is 0.356 e. The van der Waals surface area contributed by atoms with E-state index in [1.807, 2.05) is 24.3 Å². The highest BCUT2D eigenvalue weighted by atomic mass is 32.1. The van der Waals surface area contributed by atoms with Crippen LogP contribution in [0.4, 0.5) is 0 Å². The molecule has 2 atom stereocenters. The van der Waals surface area contributed by atoms with Crippen LogP contribution in [0.5, 0.6) is 0 Å². The minimum absolute atomic E-state index is 0.00953. The molecular formula is C33H45N5O3S. The Hall–Kier alpha value is -3.30. The first-order valence-electron chi connectivity index (χ1n) is 15.4. The molecule has 0 radical (unpaired) electrons. The molecule has 42 heavy (non-hydrogen) atoms. The molecule has 3 amide bonds. The third-order valence-corrected chi connectivity index (χ3v) is 8.87. The summed E-state index contributed by atoms with van der Waals surface area (Å²) in [5.41, 5.74) is 3.30. The van der Waals surface area contributed by atoms with Gasteiger partial charge in [0, 0.05) is 32.9 Å². The number of nitrogens with zero attached hydrogens (tertiary/aromatic N) is 2. The molecule has 3 aromatic rings. The topological polar surface area (TPSA) is 103 Å². The zero-order chi connectivity index (χ0) is 29.7. The fourth-order valence-corrected chi connectivity index (χ4v) is 6.55. The maximum absolute atomic E-state index is 13.3. The van der Waals surface area contributed by atoms with Crippen molar-refractivity contribution < 1.29 is 14.4 Å². The Morgan fingerprint density at radius 1 is 0.952 bits per heavy atom. The maximum atomic E-state index is 13.3. The van der Waals surface area contributed by atoms with Crippen molar-refractivity contribution in [3.05, 3.63) is 64.7 Å². The summed E-state index contributed by atoms with van der Waals surface area (Å²) in [7, 11) is 0. The number of hydrogen-bond acceptors (Lipinski definition) is 6. The van der Waals surface area contributed by atoms with Gasteiger partial charge in [-0.15, -0.1) is 11.3 Å². The molecule has 0 spiro atoms. The monoisotopic (exact) mass is 591 g/mol. The molecule has 1 aliphatic rings. The first-order chi connectivity index (χ1) is 20.4. The molecule has 8 nitrogen and oxygen atoms in total. The van der Waals surface area contributed by atoms with E-state index >= 15 is 0 Å². The number of carbonyl (C=O) groups excluding carboxylic acids is 3. The van der Waals surface area contributed by atoms with Crippen molar-refractivity contribution >= 4 is 39.3 Å². The molecule has 1 aromatic heterocycles. The molecule has 226 valence electrons. The molecule has 1 saturated heterocycles. The average molecular weight is 592 g/mol. The summed E-state index contributed by atoms with van der Waals surface area (Å²) in [6.07, 6.45) is 7.17. The predicted octanol–water partition coefficient (Wildman–Crippen LogP) is 4.26. The molecule has 1 fully saturated rings. The summed E-state index contributed by atoms with van der Waals surface area (Å²) in [4.78, 5) is 45.2. The fourth-order valence-electron chi connectivity index (χ4n) is 5.48. The molecule has 0 bridgehead atoms. The summed E-state index contributed by atoms with van der Waals surface area (Å²) in [5.74, 6) is -0.448. The van der Waals surface area contributed by atoms with Crippen molar-refractivity contribution in [2.45, 2.75) is 71.3 Å². The first kappa shape index (κ1) is 31.6. The van der Waals surface area contributed by atoms with Gasteiger partial charge in [0.2, 0.25) is 17.7 Å². The van der Waals surface area contributed by atoms with Crippen LogP contribution in [-0.4, -0.2) is 66.4 Å². The molecular weight excluding hydrogens is 546 g/mol. The van der Waals surface area contributed by atoms with Gasteiger partial charge in [0.15, 0.2) is 0 Å². The van der Waals surface area contributed by atoms with Gasteiger partial charge in [-0.25, -0.2) is 4.98 Å². The van der Waals surface area contributed by atoms with E-state index in [4.69, 9.17) is 4.98 Å². The SMILES string of the molecule is CCc1ccc2nc(C[C@H](NC(C)=O)C(=O)NCC(CNC(=O)CCCN3CCCCC3)Cc3ccccc3)sc2c1. The van der Waals surface area contributed by atoms with Crippen LogP contribution < -0.4 is 16.0 Å². The highest BCUT2D eigenvalue weighted by Crippen LogP contribution is 2.24. The van der Waals surface area contributed by atoms with E-state index < -0.39 is 6.04 Å². The molecule has 4 rings (SSSR count). The summed E-state index contributed by atoms with van der Waals surface area (Å²) in [6, 6.07) is 15.6. The number of amides is 3. The zero-order valence-electron chi connectivity index (χ0n) is 25.0. The van der Waals surface area contributed by atoms with Crippen molar-refractivity contribution in [2.24, 2.45) is 5.92 Å². The normalized spacial score (nSPS) is 15.2. The minimum atomic E-state index is -0.726. The molecule has 1 unspecified atom stereocenters. The lowest BCUT2D eigenvalue weighted by molar-refractivity contribution is -0.128. The number of rotatable bonds is 15. The van der Waals surface area contributed by atoms with Crippen LogP contribution in [0.15, 0.2) is 48.5 Å². The van der Waals surface area contributed by atoms with E-state index in [1.54, 1.807) is 11.3 Å². The van der Waals surface area contributed by atoms with Crippen molar-refractivity contribution in [1.82, 2.24) is 25.8 Å². The van der Waals surface area contributed by atoms with E-state index in [2.05, 4.69) is 52.0 Å². The number of fused-ring (bicyclic) bond motifs is 1. The van der Waals surface area contributed by atoms with E-state index in [0.717, 1.165) is 59.7 Å². The standard InChI is InChI=1S/C33H45N5O3S/c1-3-25-14-15-28-30(20-25)42-32(37-28)21-29(36-24(2)39)33(41)35-23-27(19-26-11-6-4-7-12-26)22-34-31(40)13-10-18-38-16-8-5-9-17-38/h4,6-7,11-12,14-15,20,27,29H,3,5,8-10,13,16-19,21-23H2,1-2H3,(H,34,40)(H,35,41)(H,36,39)/t27?,29-/m0/s1. The maximum Gasteiger partial charge on any atom is 0.243 e. The lowest BCUT2D eigenvalue weighted by atomic mass is 9.98. The van der Waals surface area contributed by atoms with Crippen LogP contribution in [-0.2, 0) is 33.6 Å². The molecule has 1 aliphatic heterocycles. The number of carbonyl (C=O) groups is 3. The minimum Gasteiger partial charge on any atom is -0.356 e. The smallest absolute Gasteiger partial charge is 0.243 e. The highest BCUT2D eigenvalue weighted by molar-refractivity contribution is 7.18. The van der Waals surface area contributed by atoms with Crippen LogP contribution >= 0.6 is 11.3 Å². The Bertz CT molecular complexity index is 1310. The molecule has 3 N–H and O–H groups in total. The van der Waals surface area contributed by atoms with Gasteiger partial charge in [-0.2, -0.15) is 0 Å². The predicted molar refractivity (Wildman–Crippen MR) is 169 cm³/mol. The second kappa shape index (κ2) is 16.4. The van der Waals surface area contributed by atoms with Crippen LogP contribution in [0.3, 0.4) is 0 Å². The number of nitrogens with one attached hydrogen (secondary N) is 3. The second-order valence-corrected chi connectivity index (χ2v) is 12.4. The van der Waals surface area contributed by atoms with Crippen LogP contribution in [0.2, 0.25) is 0 Å². The Labute approximate surface area is 253 Å². The molecule has 0 aliphatic carbocycles. The van der Waals surface area contributed by atoms with Gasteiger partial charge >= 0.3 is 0 Å². The third-order valence-electron chi connectivity index (χ3n) is 7.83. The quantitative estimate of drug-likeness (QED) is 0.245. The summed E-state index contributed by atoms with van der Waals surface area (Å²) in [6.45, 7) is 7.64.